The minimum Gasteiger partial charge on any atom is -0.494 e. The first-order chi connectivity index (χ1) is 17.6. The van der Waals surface area contributed by atoms with Gasteiger partial charge in [0.2, 0.25) is 0 Å². The lowest BCUT2D eigenvalue weighted by Crippen LogP contribution is -2.27. The molecule has 1 aliphatic carbocycles. The Balaban J connectivity index is 1.31. The number of ether oxygens (including phenoxy) is 1. The number of fused-ring (bicyclic) bond motifs is 1. The Bertz CT molecular complexity index is 1380. The lowest BCUT2D eigenvalue weighted by molar-refractivity contribution is 0.0940. The van der Waals surface area contributed by atoms with E-state index in [2.05, 4.69) is 25.9 Å². The fraction of sp³-hybridized carbons (Fsp3) is 0.296. The molecular formula is C27H28N6O3. The first-order valence-electron chi connectivity index (χ1n) is 12.2. The summed E-state index contributed by atoms with van der Waals surface area (Å²) in [6, 6.07) is 17.0. The number of nitrogens with one attached hydrogen (secondary N) is 2. The van der Waals surface area contributed by atoms with Crippen molar-refractivity contribution < 1.29 is 14.3 Å². The van der Waals surface area contributed by atoms with Crippen LogP contribution in [0.3, 0.4) is 0 Å². The zero-order valence-electron chi connectivity index (χ0n) is 20.1. The molecule has 0 radical (unpaired) electrons. The molecule has 2 N–H and O–H groups in total. The van der Waals surface area contributed by atoms with Gasteiger partial charge in [0.05, 0.1) is 23.5 Å². The predicted octanol–water partition coefficient (Wildman–Crippen LogP) is 3.47. The van der Waals surface area contributed by atoms with Crippen LogP contribution in [0.25, 0.3) is 16.6 Å². The Morgan fingerprint density at radius 1 is 1.08 bits per heavy atom. The van der Waals surface area contributed by atoms with Gasteiger partial charge in [-0.3, -0.25) is 14.6 Å². The molecule has 2 aromatic carbocycles. The summed E-state index contributed by atoms with van der Waals surface area (Å²) >= 11 is 0. The number of amides is 2. The van der Waals surface area contributed by atoms with Crippen LogP contribution in [0.2, 0.25) is 0 Å². The second-order valence-corrected chi connectivity index (χ2v) is 8.76. The summed E-state index contributed by atoms with van der Waals surface area (Å²) in [5.74, 6) is 0.435. The van der Waals surface area contributed by atoms with Crippen molar-refractivity contribution in [1.82, 2.24) is 30.6 Å². The van der Waals surface area contributed by atoms with E-state index in [4.69, 9.17) is 4.74 Å². The number of hydrogen-bond acceptors (Lipinski definition) is 6. The minimum atomic E-state index is -0.208. The maximum atomic E-state index is 12.8. The maximum Gasteiger partial charge on any atom is 0.273 e. The molecule has 0 aliphatic heterocycles. The number of rotatable bonds is 10. The van der Waals surface area contributed by atoms with Crippen LogP contribution in [0.4, 0.5) is 0 Å². The van der Waals surface area contributed by atoms with Crippen LogP contribution >= 0.6 is 0 Å². The summed E-state index contributed by atoms with van der Waals surface area (Å²) in [5.41, 5.74) is 3.26. The number of carbonyl (C=O) groups is 2. The monoisotopic (exact) mass is 484 g/mol. The molecule has 36 heavy (non-hydrogen) atoms. The van der Waals surface area contributed by atoms with Crippen molar-refractivity contribution in [2.75, 3.05) is 13.2 Å². The number of hydrogen-bond donors (Lipinski definition) is 2. The molecule has 0 saturated heterocycles. The Labute approximate surface area is 208 Å². The molecule has 0 unspecified atom stereocenters. The minimum absolute atomic E-state index is 0.131. The second kappa shape index (κ2) is 10.6. The first kappa shape index (κ1) is 23.5. The van der Waals surface area contributed by atoms with Crippen molar-refractivity contribution in [3.05, 3.63) is 77.7 Å². The highest BCUT2D eigenvalue weighted by Gasteiger charge is 2.27. The molecule has 1 aliphatic rings. The molecule has 2 heterocycles. The van der Waals surface area contributed by atoms with Gasteiger partial charge >= 0.3 is 0 Å². The van der Waals surface area contributed by atoms with Crippen molar-refractivity contribution in [3.63, 3.8) is 0 Å². The van der Waals surface area contributed by atoms with Crippen LogP contribution in [-0.4, -0.2) is 51.0 Å². The van der Waals surface area contributed by atoms with Crippen molar-refractivity contribution in [2.24, 2.45) is 0 Å². The molecule has 5 rings (SSSR count). The van der Waals surface area contributed by atoms with Gasteiger partial charge in [0.1, 0.15) is 5.75 Å². The highest BCUT2D eigenvalue weighted by atomic mass is 16.5. The third kappa shape index (κ3) is 5.35. The van der Waals surface area contributed by atoms with Gasteiger partial charge in [0.15, 0.2) is 5.69 Å². The van der Waals surface area contributed by atoms with Gasteiger partial charge in [-0.25, -0.2) is 4.68 Å². The van der Waals surface area contributed by atoms with Gasteiger partial charge in [-0.05, 0) is 81.1 Å². The van der Waals surface area contributed by atoms with Crippen LogP contribution in [0.5, 0.6) is 5.75 Å². The van der Waals surface area contributed by atoms with Crippen LogP contribution in [0, 0.1) is 0 Å². The quantitative estimate of drug-likeness (QED) is 0.334. The lowest BCUT2D eigenvalue weighted by Gasteiger charge is -2.11. The van der Waals surface area contributed by atoms with Crippen LogP contribution in [0.1, 0.15) is 52.7 Å². The Morgan fingerprint density at radius 3 is 2.69 bits per heavy atom. The Morgan fingerprint density at radius 2 is 1.92 bits per heavy atom. The van der Waals surface area contributed by atoms with Crippen molar-refractivity contribution in [2.45, 2.75) is 38.6 Å². The second-order valence-electron chi connectivity index (χ2n) is 8.76. The van der Waals surface area contributed by atoms with E-state index in [0.29, 0.717) is 42.9 Å². The van der Waals surface area contributed by atoms with E-state index < -0.39 is 0 Å². The molecule has 0 atom stereocenters. The maximum absolute atomic E-state index is 12.8. The van der Waals surface area contributed by atoms with Gasteiger partial charge < -0.3 is 15.4 Å². The summed E-state index contributed by atoms with van der Waals surface area (Å²) in [7, 11) is 0. The van der Waals surface area contributed by atoms with Gasteiger partial charge in [-0.2, -0.15) is 0 Å². The largest absolute Gasteiger partial charge is 0.494 e. The third-order valence-electron chi connectivity index (χ3n) is 6.00. The molecule has 184 valence electrons. The van der Waals surface area contributed by atoms with Crippen LogP contribution in [0.15, 0.2) is 60.8 Å². The summed E-state index contributed by atoms with van der Waals surface area (Å²) in [4.78, 5) is 29.3. The van der Waals surface area contributed by atoms with E-state index in [0.717, 1.165) is 35.2 Å². The van der Waals surface area contributed by atoms with Gasteiger partial charge in [0, 0.05) is 29.7 Å². The average molecular weight is 485 g/mol. The van der Waals surface area contributed by atoms with E-state index >= 15 is 0 Å². The van der Waals surface area contributed by atoms with Crippen molar-refractivity contribution >= 4 is 22.7 Å². The third-order valence-corrected chi connectivity index (χ3v) is 6.00. The fourth-order valence-electron chi connectivity index (χ4n) is 3.98. The molecule has 1 saturated carbocycles. The van der Waals surface area contributed by atoms with E-state index in [1.165, 1.54) is 0 Å². The Kier molecular flexibility index (Phi) is 6.88. The highest BCUT2D eigenvalue weighted by molar-refractivity contribution is 5.95. The zero-order chi connectivity index (χ0) is 24.9. The SMILES string of the molecule is CCNC(=O)c1ccc(-n2nnc(C(=O)NC3CC3)c2CCCOc2ccc3ncccc3c2)cc1. The number of nitrogens with zero attached hydrogens (tertiary/aromatic N) is 4. The van der Waals surface area contributed by atoms with E-state index in [9.17, 15) is 9.59 Å². The van der Waals surface area contributed by atoms with Gasteiger partial charge in [0.25, 0.3) is 11.8 Å². The molecule has 9 heteroatoms. The average Bonchev–Trinajstić information content (AvgIpc) is 3.62. The van der Waals surface area contributed by atoms with Gasteiger partial charge in [-0.1, -0.05) is 11.3 Å². The number of pyridine rings is 1. The molecule has 0 spiro atoms. The van der Waals surface area contributed by atoms with Crippen LogP contribution < -0.4 is 15.4 Å². The van der Waals surface area contributed by atoms with E-state index in [1.807, 2.05) is 49.4 Å². The fourth-order valence-corrected chi connectivity index (χ4v) is 3.98. The van der Waals surface area contributed by atoms with Gasteiger partial charge in [-0.15, -0.1) is 5.10 Å². The summed E-state index contributed by atoms with van der Waals surface area (Å²) in [5, 5.41) is 15.3. The molecule has 4 aromatic rings. The number of carbonyl (C=O) groups excluding carboxylic acids is 2. The summed E-state index contributed by atoms with van der Waals surface area (Å²) in [6.07, 6.45) is 4.97. The number of aromatic nitrogens is 4. The Hall–Kier alpha value is -4.27. The number of benzene rings is 2. The molecule has 0 bridgehead atoms. The molecule has 2 aromatic heterocycles. The highest BCUT2D eigenvalue weighted by Crippen LogP contribution is 2.22. The normalized spacial score (nSPS) is 12.9. The zero-order valence-corrected chi connectivity index (χ0v) is 20.1. The molecular weight excluding hydrogens is 456 g/mol. The molecule has 1 fully saturated rings. The molecule has 9 nitrogen and oxygen atoms in total. The predicted molar refractivity (Wildman–Crippen MR) is 135 cm³/mol. The van der Waals surface area contributed by atoms with Crippen LogP contribution in [-0.2, 0) is 6.42 Å². The van der Waals surface area contributed by atoms with E-state index in [-0.39, 0.29) is 17.9 Å². The summed E-state index contributed by atoms with van der Waals surface area (Å²) < 4.78 is 7.65. The van der Waals surface area contributed by atoms with Crippen molar-refractivity contribution in [3.8, 4) is 11.4 Å². The summed E-state index contributed by atoms with van der Waals surface area (Å²) in [6.45, 7) is 2.91. The topological polar surface area (TPSA) is 111 Å². The molecule has 2 amide bonds. The van der Waals surface area contributed by atoms with E-state index in [1.54, 1.807) is 23.0 Å². The first-order valence-corrected chi connectivity index (χ1v) is 12.2. The lowest BCUT2D eigenvalue weighted by atomic mass is 10.1. The standard InChI is InChI=1S/C27H28N6O3/c1-2-28-26(34)18-7-11-21(12-8-18)33-24(25(31-32-33)27(35)30-20-9-10-20)6-4-16-36-22-13-14-23-19(17-22)5-3-15-29-23/h3,5,7-8,11-15,17,20H,2,4,6,9-10,16H2,1H3,(H,28,34)(H,30,35). The smallest absolute Gasteiger partial charge is 0.273 e. The van der Waals surface area contributed by atoms with Crippen molar-refractivity contribution in [1.29, 1.82) is 0 Å².